The van der Waals surface area contributed by atoms with Crippen molar-refractivity contribution < 1.29 is 0 Å². The van der Waals surface area contributed by atoms with Crippen LogP contribution in [0.3, 0.4) is 0 Å². The van der Waals surface area contributed by atoms with E-state index >= 15 is 0 Å². The summed E-state index contributed by atoms with van der Waals surface area (Å²) in [6.45, 7) is 8.29. The van der Waals surface area contributed by atoms with Crippen LogP contribution in [0.4, 0.5) is 11.4 Å². The number of anilines is 2. The van der Waals surface area contributed by atoms with Crippen molar-refractivity contribution in [3.8, 4) is 0 Å². The summed E-state index contributed by atoms with van der Waals surface area (Å²) in [6.07, 6.45) is 0. The van der Waals surface area contributed by atoms with E-state index in [2.05, 4.69) is 74.7 Å². The molecule has 20 heavy (non-hydrogen) atoms. The second kappa shape index (κ2) is 6.06. The summed E-state index contributed by atoms with van der Waals surface area (Å²) in [5.74, 6) is 0. The standard InChI is InChI=1S/C17H20N2S/c1-11-5-7-13(3)15(9-11)18-17(20)19-16-10-12(2)6-8-14(16)4/h5-10H,1-4H3,(H2,18,19,20). The molecule has 0 aliphatic rings. The highest BCUT2D eigenvalue weighted by molar-refractivity contribution is 7.80. The van der Waals surface area contributed by atoms with Gasteiger partial charge in [0.25, 0.3) is 0 Å². The zero-order chi connectivity index (χ0) is 14.7. The van der Waals surface area contributed by atoms with Crippen molar-refractivity contribution >= 4 is 28.7 Å². The van der Waals surface area contributed by atoms with E-state index in [0.29, 0.717) is 5.11 Å². The van der Waals surface area contributed by atoms with Gasteiger partial charge in [0.15, 0.2) is 5.11 Å². The molecule has 2 nitrogen and oxygen atoms in total. The smallest absolute Gasteiger partial charge is 0.175 e. The lowest BCUT2D eigenvalue weighted by Crippen LogP contribution is -2.20. The van der Waals surface area contributed by atoms with Crippen LogP contribution < -0.4 is 10.6 Å². The normalized spacial score (nSPS) is 10.2. The van der Waals surface area contributed by atoms with Gasteiger partial charge in [-0.2, -0.15) is 0 Å². The minimum atomic E-state index is 0.618. The summed E-state index contributed by atoms with van der Waals surface area (Å²) >= 11 is 5.40. The Hall–Kier alpha value is -1.87. The van der Waals surface area contributed by atoms with Gasteiger partial charge in [0.1, 0.15) is 0 Å². The van der Waals surface area contributed by atoms with Crippen molar-refractivity contribution in [2.75, 3.05) is 10.6 Å². The fraction of sp³-hybridized carbons (Fsp3) is 0.235. The molecule has 2 rings (SSSR count). The third-order valence-electron chi connectivity index (χ3n) is 3.28. The summed E-state index contributed by atoms with van der Waals surface area (Å²) < 4.78 is 0. The molecule has 0 unspecified atom stereocenters. The van der Waals surface area contributed by atoms with Crippen LogP contribution in [0, 0.1) is 27.7 Å². The SMILES string of the molecule is Cc1ccc(C)c(NC(=S)Nc2cc(C)ccc2C)c1. The molecule has 0 saturated carbocycles. The van der Waals surface area contributed by atoms with Crippen molar-refractivity contribution in [3.63, 3.8) is 0 Å². The maximum Gasteiger partial charge on any atom is 0.175 e. The second-order valence-corrected chi connectivity index (χ2v) is 5.62. The van der Waals surface area contributed by atoms with E-state index in [4.69, 9.17) is 12.2 Å². The highest BCUT2D eigenvalue weighted by atomic mass is 32.1. The number of hydrogen-bond donors (Lipinski definition) is 2. The molecule has 104 valence electrons. The van der Waals surface area contributed by atoms with Crippen LogP contribution in [0.2, 0.25) is 0 Å². The lowest BCUT2D eigenvalue weighted by atomic mass is 10.1. The van der Waals surface area contributed by atoms with Gasteiger partial charge in [-0.1, -0.05) is 24.3 Å². The summed E-state index contributed by atoms with van der Waals surface area (Å²) in [5.41, 5.74) is 6.89. The van der Waals surface area contributed by atoms with Gasteiger partial charge in [0, 0.05) is 11.4 Å². The van der Waals surface area contributed by atoms with Crippen molar-refractivity contribution in [2.45, 2.75) is 27.7 Å². The van der Waals surface area contributed by atoms with Gasteiger partial charge in [0.05, 0.1) is 0 Å². The Morgan fingerprint density at radius 1 is 0.750 bits per heavy atom. The molecular weight excluding hydrogens is 264 g/mol. The van der Waals surface area contributed by atoms with Crippen LogP contribution in [-0.4, -0.2) is 5.11 Å². The van der Waals surface area contributed by atoms with Gasteiger partial charge in [0.2, 0.25) is 0 Å². The van der Waals surface area contributed by atoms with E-state index in [1.165, 1.54) is 22.3 Å². The van der Waals surface area contributed by atoms with Gasteiger partial charge in [-0.15, -0.1) is 0 Å². The van der Waals surface area contributed by atoms with Gasteiger partial charge in [-0.05, 0) is 74.3 Å². The maximum absolute atomic E-state index is 5.40. The lowest BCUT2D eigenvalue weighted by molar-refractivity contribution is 1.38. The van der Waals surface area contributed by atoms with Crippen LogP contribution in [0.25, 0.3) is 0 Å². The Morgan fingerprint density at radius 3 is 1.55 bits per heavy atom. The average Bonchev–Trinajstić information content (AvgIpc) is 2.38. The fourth-order valence-corrected chi connectivity index (χ4v) is 2.24. The van der Waals surface area contributed by atoms with Gasteiger partial charge in [-0.3, -0.25) is 0 Å². The Labute approximate surface area is 126 Å². The Bertz CT molecular complexity index is 592. The van der Waals surface area contributed by atoms with E-state index in [1.54, 1.807) is 0 Å². The van der Waals surface area contributed by atoms with E-state index in [-0.39, 0.29) is 0 Å². The summed E-state index contributed by atoms with van der Waals surface area (Å²) in [7, 11) is 0. The van der Waals surface area contributed by atoms with Crippen LogP contribution in [0.1, 0.15) is 22.3 Å². The average molecular weight is 284 g/mol. The zero-order valence-corrected chi connectivity index (χ0v) is 13.2. The fourth-order valence-electron chi connectivity index (χ4n) is 2.02. The van der Waals surface area contributed by atoms with Crippen LogP contribution in [0.5, 0.6) is 0 Å². The third kappa shape index (κ3) is 3.58. The predicted octanol–water partition coefficient (Wildman–Crippen LogP) is 4.73. The molecule has 0 saturated heterocycles. The number of nitrogens with one attached hydrogen (secondary N) is 2. The molecule has 0 atom stereocenters. The molecular formula is C17H20N2S. The van der Waals surface area contributed by atoms with E-state index in [0.717, 1.165) is 11.4 Å². The van der Waals surface area contributed by atoms with Gasteiger partial charge < -0.3 is 10.6 Å². The summed E-state index contributed by atoms with van der Waals surface area (Å²) in [6, 6.07) is 12.6. The van der Waals surface area contributed by atoms with Crippen molar-refractivity contribution in [2.24, 2.45) is 0 Å². The third-order valence-corrected chi connectivity index (χ3v) is 3.49. The highest BCUT2D eigenvalue weighted by Crippen LogP contribution is 2.19. The van der Waals surface area contributed by atoms with E-state index in [9.17, 15) is 0 Å². The predicted molar refractivity (Wildman–Crippen MR) is 91.7 cm³/mol. The number of hydrogen-bond acceptors (Lipinski definition) is 1. The molecule has 2 aromatic carbocycles. The highest BCUT2D eigenvalue weighted by Gasteiger charge is 2.04. The quantitative estimate of drug-likeness (QED) is 0.780. The molecule has 0 aliphatic carbocycles. The first-order valence-corrected chi connectivity index (χ1v) is 7.09. The number of thiocarbonyl (C=S) groups is 1. The molecule has 0 heterocycles. The van der Waals surface area contributed by atoms with Crippen LogP contribution >= 0.6 is 12.2 Å². The largest absolute Gasteiger partial charge is 0.332 e. The summed E-state index contributed by atoms with van der Waals surface area (Å²) in [5, 5.41) is 7.15. The van der Waals surface area contributed by atoms with Crippen molar-refractivity contribution in [1.29, 1.82) is 0 Å². The monoisotopic (exact) mass is 284 g/mol. The molecule has 0 bridgehead atoms. The maximum atomic E-state index is 5.40. The van der Waals surface area contributed by atoms with E-state index in [1.807, 2.05) is 0 Å². The number of rotatable bonds is 2. The second-order valence-electron chi connectivity index (χ2n) is 5.22. The first-order chi connectivity index (χ1) is 9.45. The molecule has 0 amide bonds. The van der Waals surface area contributed by atoms with Crippen LogP contribution in [0.15, 0.2) is 36.4 Å². The first kappa shape index (κ1) is 14.5. The topological polar surface area (TPSA) is 24.1 Å². The van der Waals surface area contributed by atoms with E-state index < -0.39 is 0 Å². The molecule has 0 aliphatic heterocycles. The molecule has 0 fully saturated rings. The minimum Gasteiger partial charge on any atom is -0.332 e. The number of benzene rings is 2. The minimum absolute atomic E-state index is 0.618. The van der Waals surface area contributed by atoms with Gasteiger partial charge in [-0.25, -0.2) is 0 Å². The lowest BCUT2D eigenvalue weighted by Gasteiger charge is -2.15. The zero-order valence-electron chi connectivity index (χ0n) is 12.4. The molecule has 0 spiro atoms. The number of aryl methyl sites for hydroxylation is 4. The Morgan fingerprint density at radius 2 is 1.15 bits per heavy atom. The van der Waals surface area contributed by atoms with Gasteiger partial charge >= 0.3 is 0 Å². The molecule has 3 heteroatoms. The van der Waals surface area contributed by atoms with Crippen molar-refractivity contribution in [3.05, 3.63) is 58.7 Å². The molecule has 0 radical (unpaired) electrons. The first-order valence-electron chi connectivity index (χ1n) is 6.68. The van der Waals surface area contributed by atoms with Crippen LogP contribution in [-0.2, 0) is 0 Å². The molecule has 0 aromatic heterocycles. The Kier molecular flexibility index (Phi) is 4.40. The van der Waals surface area contributed by atoms with Crippen molar-refractivity contribution in [1.82, 2.24) is 0 Å². The molecule has 2 aromatic rings. The summed E-state index contributed by atoms with van der Waals surface area (Å²) in [4.78, 5) is 0. The Balaban J connectivity index is 2.13. The molecule has 2 N–H and O–H groups in total.